The molecule has 0 radical (unpaired) electrons. The van der Waals surface area contributed by atoms with E-state index in [4.69, 9.17) is 4.74 Å². The van der Waals surface area contributed by atoms with Crippen LogP contribution in [0, 0.1) is 5.92 Å². The highest BCUT2D eigenvalue weighted by molar-refractivity contribution is 8.00. The van der Waals surface area contributed by atoms with Gasteiger partial charge in [-0.15, -0.1) is 24.2 Å². The first-order valence-electron chi connectivity index (χ1n) is 7.42. The van der Waals surface area contributed by atoms with E-state index < -0.39 is 0 Å². The van der Waals surface area contributed by atoms with Crippen LogP contribution in [0.25, 0.3) is 0 Å². The van der Waals surface area contributed by atoms with Crippen molar-refractivity contribution in [1.82, 2.24) is 10.2 Å². The number of hydrogen-bond acceptors (Lipinski definition) is 4. The van der Waals surface area contributed by atoms with Gasteiger partial charge in [0, 0.05) is 18.0 Å². The summed E-state index contributed by atoms with van der Waals surface area (Å²) in [5, 5.41) is 3.22. The second-order valence-corrected chi connectivity index (χ2v) is 6.39. The molecule has 0 aromatic heterocycles. The molecule has 0 bridgehead atoms. The van der Waals surface area contributed by atoms with Gasteiger partial charge in [-0.2, -0.15) is 0 Å². The minimum Gasteiger partial charge on any atom is -0.497 e. The molecule has 124 valence electrons. The standard InChI is InChI=1S/C16H24N2O2S.ClH/c1-17-11-13-7-9-18(10-8-13)16(19)12-21-15-5-3-14(20-2)4-6-15;/h3-6,13,17H,7-12H2,1-2H3;1H. The molecule has 6 heteroatoms. The number of piperidine rings is 1. The van der Waals surface area contributed by atoms with Crippen molar-refractivity contribution in [2.24, 2.45) is 5.92 Å². The fourth-order valence-electron chi connectivity index (χ4n) is 2.58. The third kappa shape index (κ3) is 5.71. The zero-order valence-electron chi connectivity index (χ0n) is 13.2. The number of carbonyl (C=O) groups excluding carboxylic acids is 1. The van der Waals surface area contributed by atoms with Crippen molar-refractivity contribution >= 4 is 30.1 Å². The van der Waals surface area contributed by atoms with Gasteiger partial charge < -0.3 is 15.0 Å². The van der Waals surface area contributed by atoms with Gasteiger partial charge >= 0.3 is 0 Å². The Morgan fingerprint density at radius 2 is 1.95 bits per heavy atom. The van der Waals surface area contributed by atoms with Crippen LogP contribution in [0.15, 0.2) is 29.2 Å². The van der Waals surface area contributed by atoms with E-state index in [1.807, 2.05) is 36.2 Å². The van der Waals surface area contributed by atoms with Gasteiger partial charge in [0.1, 0.15) is 5.75 Å². The lowest BCUT2D eigenvalue weighted by molar-refractivity contribution is -0.129. The molecular weight excluding hydrogens is 320 g/mol. The molecule has 0 saturated carbocycles. The Morgan fingerprint density at radius 1 is 1.32 bits per heavy atom. The number of thioether (sulfide) groups is 1. The molecule has 2 rings (SSSR count). The molecule has 1 amide bonds. The first-order valence-corrected chi connectivity index (χ1v) is 8.40. The van der Waals surface area contributed by atoms with Crippen LogP contribution >= 0.6 is 24.2 Å². The maximum absolute atomic E-state index is 12.2. The molecule has 1 N–H and O–H groups in total. The van der Waals surface area contributed by atoms with Gasteiger partial charge in [0.05, 0.1) is 12.9 Å². The number of nitrogens with zero attached hydrogens (tertiary/aromatic N) is 1. The topological polar surface area (TPSA) is 41.6 Å². The third-order valence-electron chi connectivity index (χ3n) is 3.88. The average Bonchev–Trinajstić information content (AvgIpc) is 2.54. The highest BCUT2D eigenvalue weighted by Gasteiger charge is 2.22. The molecule has 1 heterocycles. The molecule has 1 aliphatic heterocycles. The summed E-state index contributed by atoms with van der Waals surface area (Å²) in [5.74, 6) is 2.33. The number of halogens is 1. The highest BCUT2D eigenvalue weighted by atomic mass is 35.5. The van der Waals surface area contributed by atoms with Crippen molar-refractivity contribution in [3.63, 3.8) is 0 Å². The Kier molecular flexibility index (Phi) is 8.68. The number of ether oxygens (including phenoxy) is 1. The van der Waals surface area contributed by atoms with Crippen molar-refractivity contribution in [2.45, 2.75) is 17.7 Å². The van der Waals surface area contributed by atoms with E-state index in [0.717, 1.165) is 43.1 Å². The van der Waals surface area contributed by atoms with E-state index in [2.05, 4.69) is 5.32 Å². The van der Waals surface area contributed by atoms with Gasteiger partial charge in [-0.1, -0.05) is 0 Å². The smallest absolute Gasteiger partial charge is 0.232 e. The van der Waals surface area contributed by atoms with E-state index in [-0.39, 0.29) is 18.3 Å². The molecule has 0 spiro atoms. The van der Waals surface area contributed by atoms with Crippen molar-refractivity contribution in [3.8, 4) is 5.75 Å². The van der Waals surface area contributed by atoms with Crippen molar-refractivity contribution < 1.29 is 9.53 Å². The fraction of sp³-hybridized carbons (Fsp3) is 0.562. The number of rotatable bonds is 6. The Bertz CT molecular complexity index is 448. The number of benzene rings is 1. The van der Waals surface area contributed by atoms with Crippen LogP contribution in [0.2, 0.25) is 0 Å². The lowest BCUT2D eigenvalue weighted by Crippen LogP contribution is -2.41. The highest BCUT2D eigenvalue weighted by Crippen LogP contribution is 2.23. The summed E-state index contributed by atoms with van der Waals surface area (Å²) in [6.45, 7) is 2.85. The molecule has 0 unspecified atom stereocenters. The number of amides is 1. The summed E-state index contributed by atoms with van der Waals surface area (Å²) >= 11 is 1.59. The summed E-state index contributed by atoms with van der Waals surface area (Å²) in [4.78, 5) is 15.3. The van der Waals surface area contributed by atoms with Gasteiger partial charge in [-0.25, -0.2) is 0 Å². The first-order chi connectivity index (χ1) is 10.2. The van der Waals surface area contributed by atoms with E-state index in [1.54, 1.807) is 18.9 Å². The van der Waals surface area contributed by atoms with Crippen LogP contribution < -0.4 is 10.1 Å². The Morgan fingerprint density at radius 3 is 2.50 bits per heavy atom. The predicted octanol–water partition coefficient (Wildman–Crippen LogP) is 2.67. The fourth-order valence-corrected chi connectivity index (χ4v) is 3.38. The minimum atomic E-state index is 0. The number of methoxy groups -OCH3 is 1. The normalized spacial score (nSPS) is 15.3. The first kappa shape index (κ1) is 19.1. The molecule has 0 atom stereocenters. The van der Waals surface area contributed by atoms with Crippen LogP contribution in [0.1, 0.15) is 12.8 Å². The van der Waals surface area contributed by atoms with E-state index >= 15 is 0 Å². The third-order valence-corrected chi connectivity index (χ3v) is 4.88. The molecule has 1 aromatic rings. The molecule has 0 aliphatic carbocycles. The predicted molar refractivity (Wildman–Crippen MR) is 94.2 cm³/mol. The second-order valence-electron chi connectivity index (χ2n) is 5.35. The second kappa shape index (κ2) is 9.98. The summed E-state index contributed by atoms with van der Waals surface area (Å²) in [6, 6.07) is 7.85. The maximum atomic E-state index is 12.2. The number of likely N-dealkylation sites (tertiary alicyclic amines) is 1. The summed E-state index contributed by atoms with van der Waals surface area (Å²) < 4.78 is 5.13. The summed E-state index contributed by atoms with van der Waals surface area (Å²) in [7, 11) is 3.65. The minimum absolute atomic E-state index is 0. The number of hydrogen-bond donors (Lipinski definition) is 1. The van der Waals surface area contributed by atoms with Crippen molar-refractivity contribution in [3.05, 3.63) is 24.3 Å². The van der Waals surface area contributed by atoms with Gasteiger partial charge in [0.2, 0.25) is 5.91 Å². The lowest BCUT2D eigenvalue weighted by atomic mass is 9.97. The average molecular weight is 345 g/mol. The van der Waals surface area contributed by atoms with Crippen LogP contribution in [0.4, 0.5) is 0 Å². The molecule has 1 aromatic carbocycles. The molecule has 1 aliphatic rings. The molecular formula is C16H25ClN2O2S. The summed E-state index contributed by atoms with van der Waals surface area (Å²) in [5.41, 5.74) is 0. The van der Waals surface area contributed by atoms with Gasteiger partial charge in [-0.05, 0) is 56.6 Å². The van der Waals surface area contributed by atoms with E-state index in [0.29, 0.717) is 11.7 Å². The zero-order valence-corrected chi connectivity index (χ0v) is 14.8. The Labute approximate surface area is 143 Å². The summed E-state index contributed by atoms with van der Waals surface area (Å²) in [6.07, 6.45) is 2.22. The van der Waals surface area contributed by atoms with Crippen LogP contribution in [-0.4, -0.2) is 50.4 Å². The van der Waals surface area contributed by atoms with Crippen molar-refractivity contribution in [2.75, 3.05) is 39.5 Å². The largest absolute Gasteiger partial charge is 0.497 e. The quantitative estimate of drug-likeness (QED) is 0.806. The van der Waals surface area contributed by atoms with E-state index in [1.165, 1.54) is 0 Å². The van der Waals surface area contributed by atoms with Gasteiger partial charge in [0.15, 0.2) is 0 Å². The monoisotopic (exact) mass is 344 g/mol. The van der Waals surface area contributed by atoms with Crippen molar-refractivity contribution in [1.29, 1.82) is 0 Å². The van der Waals surface area contributed by atoms with Crippen LogP contribution in [0.5, 0.6) is 5.75 Å². The zero-order chi connectivity index (χ0) is 15.1. The molecule has 1 saturated heterocycles. The lowest BCUT2D eigenvalue weighted by Gasteiger charge is -2.31. The number of carbonyl (C=O) groups is 1. The maximum Gasteiger partial charge on any atom is 0.232 e. The van der Waals surface area contributed by atoms with Crippen LogP contribution in [0.3, 0.4) is 0 Å². The number of nitrogens with one attached hydrogen (secondary N) is 1. The SMILES string of the molecule is CNCC1CCN(C(=O)CSc2ccc(OC)cc2)CC1.Cl. The molecule has 1 fully saturated rings. The van der Waals surface area contributed by atoms with Gasteiger partial charge in [-0.3, -0.25) is 4.79 Å². The van der Waals surface area contributed by atoms with E-state index in [9.17, 15) is 4.79 Å². The Balaban J connectivity index is 0.00000242. The molecule has 4 nitrogen and oxygen atoms in total. The van der Waals surface area contributed by atoms with Gasteiger partial charge in [0.25, 0.3) is 0 Å². The molecule has 22 heavy (non-hydrogen) atoms. The Hall–Kier alpha value is -0.910. The van der Waals surface area contributed by atoms with Crippen LogP contribution in [-0.2, 0) is 4.79 Å².